The SMILES string of the molecule is CCCCCCCCCCCOC(CCCCCCCCC)COP(Oc1ccccc1)Oc1ccccc1. The van der Waals surface area contributed by atoms with Crippen molar-refractivity contribution in [3.8, 4) is 11.5 Å². The lowest BCUT2D eigenvalue weighted by molar-refractivity contribution is 0.00988. The van der Waals surface area contributed by atoms with E-state index in [1.54, 1.807) is 0 Å². The van der Waals surface area contributed by atoms with Gasteiger partial charge in [0.05, 0.1) is 12.7 Å². The maximum atomic E-state index is 6.37. The summed E-state index contributed by atoms with van der Waals surface area (Å²) in [7, 11) is -1.59. The molecule has 0 aliphatic carbocycles. The van der Waals surface area contributed by atoms with Crippen molar-refractivity contribution in [2.24, 2.45) is 0 Å². The van der Waals surface area contributed by atoms with Gasteiger partial charge >= 0.3 is 8.60 Å². The average Bonchev–Trinajstić information content (AvgIpc) is 2.97. The standard InChI is InChI=1S/C34H55O4P/c1-3-5-7-9-11-12-14-16-24-30-35-34(29-19-15-13-10-8-6-4-2)31-36-39(37-32-25-20-17-21-26-32)38-33-27-22-18-23-28-33/h17-18,20-23,25-28,34H,3-16,19,24,29-31H2,1-2H3. The molecule has 0 radical (unpaired) electrons. The van der Waals surface area contributed by atoms with Gasteiger partial charge in [0.15, 0.2) is 0 Å². The number of rotatable bonds is 26. The summed E-state index contributed by atoms with van der Waals surface area (Å²) < 4.78 is 24.9. The molecule has 0 saturated heterocycles. The Hall–Kier alpha value is -1.61. The molecule has 0 heterocycles. The van der Waals surface area contributed by atoms with Crippen molar-refractivity contribution in [3.05, 3.63) is 60.7 Å². The Bertz CT molecular complexity index is 732. The maximum Gasteiger partial charge on any atom is 0.463 e. The third-order valence-corrected chi connectivity index (χ3v) is 8.02. The Morgan fingerprint density at radius 2 is 0.974 bits per heavy atom. The monoisotopic (exact) mass is 558 g/mol. The summed E-state index contributed by atoms with van der Waals surface area (Å²) in [6.07, 6.45) is 22.1. The molecular weight excluding hydrogens is 503 g/mol. The largest absolute Gasteiger partial charge is 0.463 e. The van der Waals surface area contributed by atoms with E-state index in [4.69, 9.17) is 18.3 Å². The van der Waals surface area contributed by atoms with Crippen LogP contribution in [0.4, 0.5) is 0 Å². The molecule has 2 aromatic rings. The molecule has 39 heavy (non-hydrogen) atoms. The van der Waals surface area contributed by atoms with Crippen LogP contribution in [0.25, 0.3) is 0 Å². The lowest BCUT2D eigenvalue weighted by Crippen LogP contribution is -2.21. The average molecular weight is 559 g/mol. The molecule has 1 unspecified atom stereocenters. The maximum absolute atomic E-state index is 6.37. The number of unbranched alkanes of at least 4 members (excludes halogenated alkanes) is 14. The van der Waals surface area contributed by atoms with Crippen molar-refractivity contribution in [3.63, 3.8) is 0 Å². The van der Waals surface area contributed by atoms with E-state index in [2.05, 4.69) is 13.8 Å². The third kappa shape index (κ3) is 18.4. The van der Waals surface area contributed by atoms with E-state index in [9.17, 15) is 0 Å². The summed E-state index contributed by atoms with van der Waals surface area (Å²) in [5.74, 6) is 1.50. The molecule has 2 aromatic carbocycles. The van der Waals surface area contributed by atoms with Gasteiger partial charge in [-0.2, -0.15) is 0 Å². The Morgan fingerprint density at radius 3 is 1.46 bits per heavy atom. The quantitative estimate of drug-likeness (QED) is 0.0850. The lowest BCUT2D eigenvalue weighted by atomic mass is 10.1. The fourth-order valence-electron chi connectivity index (χ4n) is 4.56. The molecule has 0 N–H and O–H groups in total. The van der Waals surface area contributed by atoms with Crippen LogP contribution in [0.5, 0.6) is 11.5 Å². The first-order valence-electron chi connectivity index (χ1n) is 15.8. The first kappa shape index (κ1) is 33.6. The van der Waals surface area contributed by atoms with Gasteiger partial charge in [0.2, 0.25) is 0 Å². The van der Waals surface area contributed by atoms with Crippen LogP contribution in [-0.4, -0.2) is 19.3 Å². The summed E-state index contributed by atoms with van der Waals surface area (Å²) >= 11 is 0. The minimum Gasteiger partial charge on any atom is -0.418 e. The first-order chi connectivity index (χ1) is 19.3. The predicted octanol–water partition coefficient (Wildman–Crippen LogP) is 11.4. The molecule has 220 valence electrons. The van der Waals surface area contributed by atoms with Crippen LogP contribution >= 0.6 is 8.60 Å². The van der Waals surface area contributed by atoms with Crippen molar-refractivity contribution in [2.75, 3.05) is 13.2 Å². The molecule has 5 heteroatoms. The second kappa shape index (κ2) is 24.2. The Kier molecular flexibility index (Phi) is 20.9. The van der Waals surface area contributed by atoms with Gasteiger partial charge in [0.1, 0.15) is 11.5 Å². The molecular formula is C34H55O4P. The van der Waals surface area contributed by atoms with Crippen LogP contribution in [0.3, 0.4) is 0 Å². The smallest absolute Gasteiger partial charge is 0.418 e. The van der Waals surface area contributed by atoms with Crippen molar-refractivity contribution < 1.29 is 18.3 Å². The molecule has 0 amide bonds. The molecule has 4 nitrogen and oxygen atoms in total. The molecule has 0 aliphatic heterocycles. The van der Waals surface area contributed by atoms with Gasteiger partial charge in [-0.25, -0.2) is 0 Å². The van der Waals surface area contributed by atoms with Crippen LogP contribution in [0.15, 0.2) is 60.7 Å². The zero-order valence-electron chi connectivity index (χ0n) is 24.9. The lowest BCUT2D eigenvalue weighted by Gasteiger charge is -2.22. The molecule has 0 aromatic heterocycles. The molecule has 0 bridgehead atoms. The van der Waals surface area contributed by atoms with Gasteiger partial charge < -0.3 is 13.8 Å². The summed E-state index contributed by atoms with van der Waals surface area (Å²) in [6.45, 7) is 5.84. The second-order valence-electron chi connectivity index (χ2n) is 10.6. The number of hydrogen-bond acceptors (Lipinski definition) is 4. The van der Waals surface area contributed by atoms with Gasteiger partial charge in [-0.05, 0) is 37.1 Å². The summed E-state index contributed by atoms with van der Waals surface area (Å²) in [4.78, 5) is 0. The van der Waals surface area contributed by atoms with Crippen molar-refractivity contribution in [1.29, 1.82) is 0 Å². The van der Waals surface area contributed by atoms with E-state index in [1.165, 1.54) is 96.3 Å². The number of para-hydroxylation sites is 2. The number of ether oxygens (including phenoxy) is 1. The first-order valence-corrected chi connectivity index (χ1v) is 16.9. The highest BCUT2D eigenvalue weighted by Crippen LogP contribution is 2.41. The van der Waals surface area contributed by atoms with Crippen molar-refractivity contribution in [2.45, 2.75) is 129 Å². The molecule has 0 saturated carbocycles. The fourth-order valence-corrected chi connectivity index (χ4v) is 5.58. The second-order valence-corrected chi connectivity index (χ2v) is 11.6. The van der Waals surface area contributed by atoms with Gasteiger partial charge in [-0.15, -0.1) is 0 Å². The van der Waals surface area contributed by atoms with E-state index >= 15 is 0 Å². The van der Waals surface area contributed by atoms with E-state index in [0.29, 0.717) is 6.61 Å². The van der Waals surface area contributed by atoms with Crippen LogP contribution in [0, 0.1) is 0 Å². The van der Waals surface area contributed by atoms with E-state index < -0.39 is 8.60 Å². The molecule has 1 atom stereocenters. The minimum absolute atomic E-state index is 0.0680. The Balaban J connectivity index is 1.80. The van der Waals surface area contributed by atoms with Gasteiger partial charge in [0, 0.05) is 6.61 Å². The van der Waals surface area contributed by atoms with Gasteiger partial charge in [-0.1, -0.05) is 147 Å². The van der Waals surface area contributed by atoms with E-state index in [-0.39, 0.29) is 6.10 Å². The topological polar surface area (TPSA) is 36.9 Å². The van der Waals surface area contributed by atoms with Crippen LogP contribution in [0.1, 0.15) is 123 Å². The molecule has 0 spiro atoms. The van der Waals surface area contributed by atoms with E-state index in [0.717, 1.165) is 30.9 Å². The van der Waals surface area contributed by atoms with Gasteiger partial charge in [0.25, 0.3) is 0 Å². The van der Waals surface area contributed by atoms with Crippen molar-refractivity contribution >= 4 is 8.60 Å². The third-order valence-electron chi connectivity index (χ3n) is 6.94. The highest BCUT2D eigenvalue weighted by atomic mass is 31.2. The van der Waals surface area contributed by atoms with Gasteiger partial charge in [-0.3, -0.25) is 4.52 Å². The molecule has 0 aliphatic rings. The van der Waals surface area contributed by atoms with Crippen LogP contribution in [0.2, 0.25) is 0 Å². The number of hydrogen-bond donors (Lipinski definition) is 0. The van der Waals surface area contributed by atoms with E-state index in [1.807, 2.05) is 60.7 Å². The zero-order chi connectivity index (χ0) is 27.6. The summed E-state index contributed by atoms with van der Waals surface area (Å²) in [6, 6.07) is 19.5. The number of benzene rings is 2. The zero-order valence-corrected chi connectivity index (χ0v) is 25.8. The minimum atomic E-state index is -1.59. The van der Waals surface area contributed by atoms with Crippen LogP contribution < -0.4 is 9.05 Å². The summed E-state index contributed by atoms with van der Waals surface area (Å²) in [5.41, 5.74) is 0. The van der Waals surface area contributed by atoms with Crippen LogP contribution in [-0.2, 0) is 9.26 Å². The molecule has 0 fully saturated rings. The molecule has 2 rings (SSSR count). The Morgan fingerprint density at radius 1 is 0.538 bits per heavy atom. The predicted molar refractivity (Wildman–Crippen MR) is 167 cm³/mol. The fraction of sp³-hybridized carbons (Fsp3) is 0.647. The highest BCUT2D eigenvalue weighted by Gasteiger charge is 2.21. The normalized spacial score (nSPS) is 12.1. The van der Waals surface area contributed by atoms with Crippen molar-refractivity contribution in [1.82, 2.24) is 0 Å². The Labute approximate surface area is 241 Å². The highest BCUT2D eigenvalue weighted by molar-refractivity contribution is 7.42. The summed E-state index contributed by atoms with van der Waals surface area (Å²) in [5, 5.41) is 0.